The molecule has 1 aliphatic rings. The normalized spacial score (nSPS) is 29.2. The molecule has 0 bridgehead atoms. The van der Waals surface area contributed by atoms with E-state index in [1.54, 1.807) is 0 Å². The second-order valence-corrected chi connectivity index (χ2v) is 6.22. The summed E-state index contributed by atoms with van der Waals surface area (Å²) in [6, 6.07) is 0.196. The maximum atomic E-state index is 12.1. The zero-order chi connectivity index (χ0) is 13.2. The second kappa shape index (κ2) is 5.38. The maximum absolute atomic E-state index is 12.1. The molecule has 3 atom stereocenters. The Morgan fingerprint density at radius 1 is 1.53 bits per heavy atom. The van der Waals surface area contributed by atoms with Crippen LogP contribution in [0.25, 0.3) is 0 Å². The first-order chi connectivity index (χ1) is 7.81. The van der Waals surface area contributed by atoms with E-state index in [9.17, 15) is 4.79 Å². The summed E-state index contributed by atoms with van der Waals surface area (Å²) in [6.07, 6.45) is 3.06. The van der Waals surface area contributed by atoms with Gasteiger partial charge >= 0.3 is 0 Å². The first kappa shape index (κ1) is 14.5. The van der Waals surface area contributed by atoms with E-state index in [1.165, 1.54) is 0 Å². The highest BCUT2D eigenvalue weighted by molar-refractivity contribution is 5.82. The minimum Gasteiger partial charge on any atom is -0.345 e. The van der Waals surface area contributed by atoms with Crippen LogP contribution in [0.1, 0.15) is 47.0 Å². The third-order valence-electron chi connectivity index (χ3n) is 4.49. The fourth-order valence-corrected chi connectivity index (χ4v) is 2.24. The van der Waals surface area contributed by atoms with E-state index < -0.39 is 0 Å². The van der Waals surface area contributed by atoms with Crippen LogP contribution < -0.4 is 5.73 Å². The Balaban J connectivity index is 2.34. The Morgan fingerprint density at radius 2 is 2.12 bits per heavy atom. The average Bonchev–Trinajstić information content (AvgIpc) is 2.97. The number of hydrogen-bond donors (Lipinski definition) is 1. The van der Waals surface area contributed by atoms with Gasteiger partial charge < -0.3 is 10.6 Å². The highest BCUT2D eigenvalue weighted by Crippen LogP contribution is 2.55. The Labute approximate surface area is 106 Å². The van der Waals surface area contributed by atoms with Crippen LogP contribution in [-0.4, -0.2) is 30.4 Å². The van der Waals surface area contributed by atoms with E-state index in [1.807, 2.05) is 11.9 Å². The van der Waals surface area contributed by atoms with Crippen molar-refractivity contribution in [1.82, 2.24) is 4.90 Å². The van der Waals surface area contributed by atoms with Crippen molar-refractivity contribution in [3.8, 4) is 0 Å². The van der Waals surface area contributed by atoms with E-state index >= 15 is 0 Å². The molecule has 17 heavy (non-hydrogen) atoms. The molecule has 0 spiro atoms. The molecule has 0 aromatic carbocycles. The van der Waals surface area contributed by atoms with Gasteiger partial charge in [0.15, 0.2) is 0 Å². The molecule has 0 radical (unpaired) electrons. The molecule has 3 nitrogen and oxygen atoms in total. The number of nitrogens with two attached hydrogens (primary N) is 1. The van der Waals surface area contributed by atoms with Gasteiger partial charge in [-0.15, -0.1) is 0 Å². The van der Waals surface area contributed by atoms with Crippen molar-refractivity contribution in [2.45, 2.75) is 53.0 Å². The summed E-state index contributed by atoms with van der Waals surface area (Å²) in [5.41, 5.74) is 6.27. The lowest BCUT2D eigenvalue weighted by Crippen LogP contribution is -2.36. The molecule has 1 amide bonds. The topological polar surface area (TPSA) is 46.3 Å². The summed E-state index contributed by atoms with van der Waals surface area (Å²) >= 11 is 0. The lowest BCUT2D eigenvalue weighted by atomic mass is 10.0. The fourth-order valence-electron chi connectivity index (χ4n) is 2.24. The van der Waals surface area contributed by atoms with Gasteiger partial charge in [-0.3, -0.25) is 4.79 Å². The number of carbonyl (C=O) groups is 1. The van der Waals surface area contributed by atoms with Crippen LogP contribution in [0.15, 0.2) is 0 Å². The third kappa shape index (κ3) is 3.44. The van der Waals surface area contributed by atoms with Gasteiger partial charge in [-0.25, -0.2) is 0 Å². The van der Waals surface area contributed by atoms with Crippen LogP contribution >= 0.6 is 0 Å². The minimum atomic E-state index is 0.196. The van der Waals surface area contributed by atoms with E-state index in [0.717, 1.165) is 25.8 Å². The SMILES string of the molecule is CCC1(C)CC1C(=O)N(C)CCC(N)C(C)C. The van der Waals surface area contributed by atoms with Crippen molar-refractivity contribution < 1.29 is 4.79 Å². The van der Waals surface area contributed by atoms with Crippen molar-refractivity contribution in [2.75, 3.05) is 13.6 Å². The Kier molecular flexibility index (Phi) is 4.59. The van der Waals surface area contributed by atoms with Gasteiger partial charge in [-0.05, 0) is 30.6 Å². The molecule has 1 aliphatic carbocycles. The van der Waals surface area contributed by atoms with Crippen LogP contribution in [0.3, 0.4) is 0 Å². The summed E-state index contributed by atoms with van der Waals surface area (Å²) in [5, 5.41) is 0. The minimum absolute atomic E-state index is 0.196. The second-order valence-electron chi connectivity index (χ2n) is 6.22. The zero-order valence-corrected chi connectivity index (χ0v) is 12.0. The van der Waals surface area contributed by atoms with Gasteiger partial charge in [0, 0.05) is 25.6 Å². The number of carbonyl (C=O) groups excluding carboxylic acids is 1. The van der Waals surface area contributed by atoms with Gasteiger partial charge in [0.25, 0.3) is 0 Å². The largest absolute Gasteiger partial charge is 0.345 e. The smallest absolute Gasteiger partial charge is 0.225 e. The van der Waals surface area contributed by atoms with Gasteiger partial charge in [0.05, 0.1) is 0 Å². The molecule has 3 unspecified atom stereocenters. The predicted molar refractivity (Wildman–Crippen MR) is 71.6 cm³/mol. The van der Waals surface area contributed by atoms with Crippen molar-refractivity contribution in [1.29, 1.82) is 0 Å². The summed E-state index contributed by atoms with van der Waals surface area (Å²) in [7, 11) is 1.91. The quantitative estimate of drug-likeness (QED) is 0.774. The number of rotatable bonds is 6. The molecule has 1 fully saturated rings. The third-order valence-corrected chi connectivity index (χ3v) is 4.49. The molecule has 0 aromatic rings. The lowest BCUT2D eigenvalue weighted by molar-refractivity contribution is -0.132. The number of amides is 1. The monoisotopic (exact) mass is 240 g/mol. The Bertz CT molecular complexity index is 277. The first-order valence-electron chi connectivity index (χ1n) is 6.82. The summed E-state index contributed by atoms with van der Waals surface area (Å²) in [4.78, 5) is 14.0. The van der Waals surface area contributed by atoms with E-state index in [2.05, 4.69) is 27.7 Å². The Hall–Kier alpha value is -0.570. The fraction of sp³-hybridized carbons (Fsp3) is 0.929. The molecular weight excluding hydrogens is 212 g/mol. The standard InChI is InChI=1S/C14H28N2O/c1-6-14(4)9-11(14)13(17)16(5)8-7-12(15)10(2)3/h10-12H,6-9,15H2,1-5H3. The maximum Gasteiger partial charge on any atom is 0.225 e. The van der Waals surface area contributed by atoms with Gasteiger partial charge in [0.1, 0.15) is 0 Å². The highest BCUT2D eigenvalue weighted by atomic mass is 16.2. The van der Waals surface area contributed by atoms with Crippen LogP contribution in [-0.2, 0) is 4.79 Å². The van der Waals surface area contributed by atoms with Crippen molar-refractivity contribution >= 4 is 5.91 Å². The van der Waals surface area contributed by atoms with Crippen molar-refractivity contribution in [3.63, 3.8) is 0 Å². The predicted octanol–water partition coefficient (Wildman–Crippen LogP) is 2.25. The number of nitrogens with zero attached hydrogens (tertiary/aromatic N) is 1. The summed E-state index contributed by atoms with van der Waals surface area (Å²) in [6.45, 7) is 9.42. The highest BCUT2D eigenvalue weighted by Gasteiger charge is 2.53. The molecule has 0 aliphatic heterocycles. The van der Waals surface area contributed by atoms with E-state index in [0.29, 0.717) is 11.8 Å². The van der Waals surface area contributed by atoms with Gasteiger partial charge in [-0.1, -0.05) is 27.7 Å². The van der Waals surface area contributed by atoms with E-state index in [4.69, 9.17) is 5.73 Å². The first-order valence-corrected chi connectivity index (χ1v) is 6.82. The van der Waals surface area contributed by atoms with Gasteiger partial charge in [-0.2, -0.15) is 0 Å². The molecule has 1 rings (SSSR count). The average molecular weight is 240 g/mol. The molecule has 0 heterocycles. The zero-order valence-electron chi connectivity index (χ0n) is 12.0. The lowest BCUT2D eigenvalue weighted by Gasteiger charge is -2.22. The molecule has 3 heteroatoms. The summed E-state index contributed by atoms with van der Waals surface area (Å²) < 4.78 is 0. The van der Waals surface area contributed by atoms with Crippen molar-refractivity contribution in [3.05, 3.63) is 0 Å². The Morgan fingerprint density at radius 3 is 2.53 bits per heavy atom. The van der Waals surface area contributed by atoms with Crippen LogP contribution in [0.4, 0.5) is 0 Å². The van der Waals surface area contributed by atoms with Crippen LogP contribution in [0.5, 0.6) is 0 Å². The molecule has 0 saturated heterocycles. The van der Waals surface area contributed by atoms with Crippen LogP contribution in [0.2, 0.25) is 0 Å². The molecule has 0 aromatic heterocycles. The van der Waals surface area contributed by atoms with E-state index in [-0.39, 0.29) is 17.4 Å². The molecule has 1 saturated carbocycles. The van der Waals surface area contributed by atoms with Crippen LogP contribution in [0, 0.1) is 17.3 Å². The summed E-state index contributed by atoms with van der Waals surface area (Å²) in [5.74, 6) is 1.05. The molecule has 2 N–H and O–H groups in total. The van der Waals surface area contributed by atoms with Gasteiger partial charge in [0.2, 0.25) is 5.91 Å². The molecular formula is C14H28N2O. The molecule has 100 valence electrons. The van der Waals surface area contributed by atoms with Crippen molar-refractivity contribution in [2.24, 2.45) is 23.0 Å². The number of hydrogen-bond acceptors (Lipinski definition) is 2.